The number of carbonyl (C=O) groups excluding carboxylic acids is 1. The lowest BCUT2D eigenvalue weighted by Crippen LogP contribution is -2.12. The van der Waals surface area contributed by atoms with Crippen LogP contribution in [-0.4, -0.2) is 16.0 Å². The Labute approximate surface area is 151 Å². The van der Waals surface area contributed by atoms with E-state index >= 15 is 0 Å². The smallest absolute Gasteiger partial charge is 0.257 e. The molecule has 5 nitrogen and oxygen atoms in total. The largest absolute Gasteiger partial charge is 0.339 e. The molecule has 1 aromatic heterocycles. The van der Waals surface area contributed by atoms with E-state index in [2.05, 4.69) is 15.5 Å². The van der Waals surface area contributed by atoms with Crippen LogP contribution in [0.5, 0.6) is 0 Å². The summed E-state index contributed by atoms with van der Waals surface area (Å²) in [6, 6.07) is 14.5. The number of nitrogens with one attached hydrogen (secondary N) is 1. The normalized spacial score (nSPS) is 10.9. The van der Waals surface area contributed by atoms with Gasteiger partial charge in [-0.1, -0.05) is 54.9 Å². The molecule has 6 heteroatoms. The van der Waals surface area contributed by atoms with E-state index in [9.17, 15) is 4.79 Å². The molecule has 25 heavy (non-hydrogen) atoms. The highest BCUT2D eigenvalue weighted by molar-refractivity contribution is 6.34. The van der Waals surface area contributed by atoms with Gasteiger partial charge in [-0.3, -0.25) is 4.79 Å². The Bertz CT molecular complexity index is 872. The van der Waals surface area contributed by atoms with Crippen molar-refractivity contribution in [1.82, 2.24) is 10.1 Å². The third-order valence-electron chi connectivity index (χ3n) is 3.67. The van der Waals surface area contributed by atoms with Crippen molar-refractivity contribution in [2.45, 2.75) is 26.2 Å². The molecule has 0 spiro atoms. The molecule has 0 bridgehead atoms. The summed E-state index contributed by atoms with van der Waals surface area (Å²) in [5.41, 5.74) is 2.18. The van der Waals surface area contributed by atoms with Crippen LogP contribution in [0.4, 0.5) is 5.69 Å². The Kier molecular flexibility index (Phi) is 5.14. The fourth-order valence-electron chi connectivity index (χ4n) is 2.31. The second-order valence-electron chi connectivity index (χ2n) is 6.01. The van der Waals surface area contributed by atoms with E-state index in [1.165, 1.54) is 0 Å². The molecule has 0 fully saturated rings. The van der Waals surface area contributed by atoms with Gasteiger partial charge in [-0.05, 0) is 29.8 Å². The maximum absolute atomic E-state index is 12.2. The lowest BCUT2D eigenvalue weighted by Gasteiger charge is -2.07. The summed E-state index contributed by atoms with van der Waals surface area (Å²) in [5, 5.41) is 7.24. The first-order valence-corrected chi connectivity index (χ1v) is 8.38. The molecule has 0 saturated heterocycles. The van der Waals surface area contributed by atoms with Crippen LogP contribution in [-0.2, 0) is 6.42 Å². The second kappa shape index (κ2) is 7.49. The van der Waals surface area contributed by atoms with Crippen molar-refractivity contribution in [3.05, 3.63) is 76.4 Å². The van der Waals surface area contributed by atoms with E-state index in [0.717, 1.165) is 5.56 Å². The fourth-order valence-corrected chi connectivity index (χ4v) is 2.53. The van der Waals surface area contributed by atoms with Crippen LogP contribution in [0.15, 0.2) is 53.1 Å². The van der Waals surface area contributed by atoms with Gasteiger partial charge < -0.3 is 9.84 Å². The first-order valence-electron chi connectivity index (χ1n) is 8.00. The molecule has 0 unspecified atom stereocenters. The molecule has 0 radical (unpaired) electrons. The molecule has 0 saturated carbocycles. The van der Waals surface area contributed by atoms with E-state index in [4.69, 9.17) is 16.1 Å². The number of amides is 1. The average Bonchev–Trinajstić information content (AvgIpc) is 3.06. The Balaban J connectivity index is 1.65. The van der Waals surface area contributed by atoms with Crippen LogP contribution >= 0.6 is 11.6 Å². The topological polar surface area (TPSA) is 68.0 Å². The van der Waals surface area contributed by atoms with E-state index in [-0.39, 0.29) is 11.8 Å². The summed E-state index contributed by atoms with van der Waals surface area (Å²) in [6.45, 7) is 4.02. The van der Waals surface area contributed by atoms with Gasteiger partial charge in [0.1, 0.15) is 0 Å². The van der Waals surface area contributed by atoms with Crippen molar-refractivity contribution in [2.75, 3.05) is 5.32 Å². The Morgan fingerprint density at radius 3 is 2.52 bits per heavy atom. The van der Waals surface area contributed by atoms with Crippen molar-refractivity contribution >= 4 is 23.2 Å². The van der Waals surface area contributed by atoms with Crippen LogP contribution in [0, 0.1) is 0 Å². The van der Waals surface area contributed by atoms with E-state index < -0.39 is 0 Å². The first kappa shape index (κ1) is 17.2. The highest BCUT2D eigenvalue weighted by atomic mass is 35.5. The van der Waals surface area contributed by atoms with Crippen molar-refractivity contribution in [1.29, 1.82) is 0 Å². The highest BCUT2D eigenvalue weighted by Gasteiger charge is 2.11. The van der Waals surface area contributed by atoms with Gasteiger partial charge in [-0.2, -0.15) is 4.98 Å². The number of anilines is 1. The fraction of sp³-hybridized carbons (Fsp3) is 0.211. The molecule has 1 N–H and O–H groups in total. The summed E-state index contributed by atoms with van der Waals surface area (Å²) in [4.78, 5) is 16.6. The molecule has 0 aliphatic carbocycles. The third-order valence-corrected chi connectivity index (χ3v) is 4.00. The summed E-state index contributed by atoms with van der Waals surface area (Å²) in [5.74, 6) is 1.26. The second-order valence-corrected chi connectivity index (χ2v) is 6.42. The zero-order valence-electron chi connectivity index (χ0n) is 14.0. The lowest BCUT2D eigenvalue weighted by molar-refractivity contribution is 0.102. The number of benzene rings is 2. The minimum atomic E-state index is -0.238. The van der Waals surface area contributed by atoms with Gasteiger partial charge in [0.2, 0.25) is 5.89 Å². The maximum Gasteiger partial charge on any atom is 0.257 e. The predicted molar refractivity (Wildman–Crippen MR) is 97.0 cm³/mol. The first-order chi connectivity index (χ1) is 12.0. The Morgan fingerprint density at radius 1 is 1.16 bits per heavy atom. The standard InChI is InChI=1S/C19H18ClN3O2/c1-12(2)19-22-17(23-25-19)11-13-7-9-14(10-8-13)21-18(24)15-5-3-4-6-16(15)20/h3-10,12H,11H2,1-2H3,(H,21,24). The van der Waals surface area contributed by atoms with Crippen molar-refractivity contribution in [2.24, 2.45) is 0 Å². The average molecular weight is 356 g/mol. The predicted octanol–water partition coefficient (Wildman–Crippen LogP) is 4.69. The van der Waals surface area contributed by atoms with Gasteiger partial charge in [0, 0.05) is 18.0 Å². The lowest BCUT2D eigenvalue weighted by atomic mass is 10.1. The van der Waals surface area contributed by atoms with Gasteiger partial charge >= 0.3 is 0 Å². The van der Waals surface area contributed by atoms with Gasteiger partial charge in [0.25, 0.3) is 5.91 Å². The molecule has 2 aromatic carbocycles. The molecular weight excluding hydrogens is 338 g/mol. The number of halogens is 1. The third kappa shape index (κ3) is 4.25. The van der Waals surface area contributed by atoms with Crippen molar-refractivity contribution in [3.63, 3.8) is 0 Å². The summed E-state index contributed by atoms with van der Waals surface area (Å²) in [6.07, 6.45) is 0.578. The van der Waals surface area contributed by atoms with Crippen molar-refractivity contribution in [3.8, 4) is 0 Å². The molecule has 0 aliphatic rings. The Hall–Kier alpha value is -2.66. The van der Waals surface area contributed by atoms with Crippen LogP contribution in [0.3, 0.4) is 0 Å². The molecular formula is C19H18ClN3O2. The van der Waals surface area contributed by atoms with Gasteiger partial charge in [0.05, 0.1) is 10.6 Å². The summed E-state index contributed by atoms with van der Waals surface area (Å²) < 4.78 is 5.20. The van der Waals surface area contributed by atoms with Crippen molar-refractivity contribution < 1.29 is 9.32 Å². The highest BCUT2D eigenvalue weighted by Crippen LogP contribution is 2.18. The molecule has 3 rings (SSSR count). The Morgan fingerprint density at radius 2 is 1.88 bits per heavy atom. The molecule has 0 atom stereocenters. The quantitative estimate of drug-likeness (QED) is 0.720. The zero-order chi connectivity index (χ0) is 17.8. The number of carbonyl (C=O) groups is 1. The van der Waals surface area contributed by atoms with Crippen LogP contribution < -0.4 is 5.32 Å². The van der Waals surface area contributed by atoms with Gasteiger partial charge in [-0.15, -0.1) is 0 Å². The minimum Gasteiger partial charge on any atom is -0.339 e. The van der Waals surface area contributed by atoms with E-state index in [0.29, 0.717) is 34.4 Å². The SMILES string of the molecule is CC(C)c1nc(Cc2ccc(NC(=O)c3ccccc3Cl)cc2)no1. The molecule has 0 aliphatic heterocycles. The van der Waals surface area contributed by atoms with Gasteiger partial charge in [-0.25, -0.2) is 0 Å². The minimum absolute atomic E-state index is 0.212. The van der Waals surface area contributed by atoms with E-state index in [1.807, 2.05) is 38.1 Å². The zero-order valence-corrected chi connectivity index (χ0v) is 14.7. The number of hydrogen-bond acceptors (Lipinski definition) is 4. The molecule has 1 amide bonds. The number of rotatable bonds is 5. The van der Waals surface area contributed by atoms with Crippen LogP contribution in [0.2, 0.25) is 5.02 Å². The number of hydrogen-bond donors (Lipinski definition) is 1. The molecule has 3 aromatic rings. The summed E-state index contributed by atoms with van der Waals surface area (Å²) >= 11 is 6.04. The maximum atomic E-state index is 12.2. The number of aromatic nitrogens is 2. The molecule has 1 heterocycles. The van der Waals surface area contributed by atoms with Gasteiger partial charge in [0.15, 0.2) is 5.82 Å². The monoisotopic (exact) mass is 355 g/mol. The van der Waals surface area contributed by atoms with Crippen LogP contribution in [0.1, 0.15) is 47.4 Å². The number of nitrogens with zero attached hydrogens (tertiary/aromatic N) is 2. The van der Waals surface area contributed by atoms with E-state index in [1.54, 1.807) is 24.3 Å². The summed E-state index contributed by atoms with van der Waals surface area (Å²) in [7, 11) is 0. The molecule has 128 valence electrons. The van der Waals surface area contributed by atoms with Crippen LogP contribution in [0.25, 0.3) is 0 Å².